The van der Waals surface area contributed by atoms with Crippen molar-refractivity contribution in [2.45, 2.75) is 44.8 Å². The Labute approximate surface area is 155 Å². The molecule has 0 bridgehead atoms. The van der Waals surface area contributed by atoms with Crippen molar-refractivity contribution in [1.82, 2.24) is 24.4 Å². The number of likely N-dealkylation sites (tertiary alicyclic amines) is 1. The topological polar surface area (TPSA) is 94.4 Å². The minimum Gasteiger partial charge on any atom is -0.358 e. The van der Waals surface area contributed by atoms with Crippen LogP contribution in [0.1, 0.15) is 44.8 Å². The van der Waals surface area contributed by atoms with Crippen LogP contribution < -0.4 is 5.48 Å². The molecule has 2 aromatic heterocycles. The second-order valence-corrected chi connectivity index (χ2v) is 6.84. The summed E-state index contributed by atoms with van der Waals surface area (Å²) in [7, 11) is 0. The van der Waals surface area contributed by atoms with E-state index < -0.39 is 6.09 Å². The van der Waals surface area contributed by atoms with Gasteiger partial charge in [0.15, 0.2) is 17.0 Å². The van der Waals surface area contributed by atoms with E-state index in [1.165, 1.54) is 0 Å². The van der Waals surface area contributed by atoms with E-state index in [0.29, 0.717) is 30.9 Å². The van der Waals surface area contributed by atoms with Gasteiger partial charge in [-0.25, -0.2) is 9.78 Å². The van der Waals surface area contributed by atoms with Crippen LogP contribution in [-0.4, -0.2) is 50.2 Å². The minimum absolute atomic E-state index is 0.0478. The van der Waals surface area contributed by atoms with Crippen LogP contribution in [0.5, 0.6) is 0 Å². The number of piperidine rings is 1. The molecule has 2 fully saturated rings. The predicted octanol–water partition coefficient (Wildman–Crippen LogP) is 3.13. The third-order valence-electron chi connectivity index (χ3n) is 4.71. The van der Waals surface area contributed by atoms with Gasteiger partial charge >= 0.3 is 6.09 Å². The average molecular weight is 381 g/mol. The highest BCUT2D eigenvalue weighted by Gasteiger charge is 2.23. The molecular formula is C16H21ClN6O3. The minimum atomic E-state index is -0.428. The molecule has 4 rings (SSSR count). The van der Waals surface area contributed by atoms with Crippen molar-refractivity contribution in [3.05, 3.63) is 11.6 Å². The molecule has 9 nitrogen and oxygen atoms in total. The zero-order valence-electron chi connectivity index (χ0n) is 14.4. The molecule has 2 saturated heterocycles. The second-order valence-electron chi connectivity index (χ2n) is 6.50. The molecule has 1 atom stereocenters. The summed E-state index contributed by atoms with van der Waals surface area (Å²) < 4.78 is 7.64. The third-order valence-corrected chi connectivity index (χ3v) is 4.88. The van der Waals surface area contributed by atoms with E-state index in [4.69, 9.17) is 21.2 Å². The maximum Gasteiger partial charge on any atom is 0.434 e. The number of rotatable bonds is 3. The van der Waals surface area contributed by atoms with E-state index in [1.54, 1.807) is 11.2 Å². The van der Waals surface area contributed by atoms with Crippen LogP contribution in [0.4, 0.5) is 10.6 Å². The molecule has 0 radical (unpaired) electrons. The molecule has 0 spiro atoms. The highest BCUT2D eigenvalue weighted by atomic mass is 35.5. The van der Waals surface area contributed by atoms with Crippen molar-refractivity contribution in [3.8, 4) is 0 Å². The number of carbonyl (C=O) groups is 1. The van der Waals surface area contributed by atoms with Gasteiger partial charge in [0.05, 0.1) is 6.33 Å². The molecule has 2 aromatic rings. The number of amides is 1. The highest BCUT2D eigenvalue weighted by Crippen LogP contribution is 2.28. The molecule has 4 heterocycles. The van der Waals surface area contributed by atoms with Gasteiger partial charge in [-0.1, -0.05) is 0 Å². The lowest BCUT2D eigenvalue weighted by Gasteiger charge is -2.25. The zero-order valence-corrected chi connectivity index (χ0v) is 15.1. The maximum atomic E-state index is 12.2. The van der Waals surface area contributed by atoms with Crippen LogP contribution in [0.25, 0.3) is 11.2 Å². The summed E-state index contributed by atoms with van der Waals surface area (Å²) in [4.78, 5) is 31.8. The number of nitrogens with one attached hydrogen (secondary N) is 1. The Bertz CT molecular complexity index is 786. The quantitative estimate of drug-likeness (QED) is 0.645. The first-order valence-corrected chi connectivity index (χ1v) is 9.33. The number of carbonyl (C=O) groups excluding carboxylic acids is 1. The summed E-state index contributed by atoms with van der Waals surface area (Å²) >= 11 is 6.06. The summed E-state index contributed by atoms with van der Waals surface area (Å²) in [6.07, 6.45) is 7.25. The van der Waals surface area contributed by atoms with Gasteiger partial charge in [-0.15, -0.1) is 0 Å². The van der Waals surface area contributed by atoms with E-state index in [1.807, 2.05) is 4.57 Å². The van der Waals surface area contributed by atoms with E-state index in [2.05, 4.69) is 20.4 Å². The normalized spacial score (nSPS) is 21.0. The van der Waals surface area contributed by atoms with E-state index in [0.717, 1.165) is 38.5 Å². The van der Waals surface area contributed by atoms with Crippen molar-refractivity contribution in [2.75, 3.05) is 25.2 Å². The standard InChI is InChI=1S/C16H21ClN6O3/c17-15-19-13(21-26-16(24)22-7-3-1-4-8-22)12-14(20-15)23(10-18-12)11-6-2-5-9-25-11/h10-11H,1-9H2,(H,19,20,21). The number of nitrogens with zero attached hydrogens (tertiary/aromatic N) is 5. The number of anilines is 1. The number of hydrogen-bond acceptors (Lipinski definition) is 7. The molecule has 140 valence electrons. The first kappa shape index (κ1) is 17.3. The van der Waals surface area contributed by atoms with Crippen molar-refractivity contribution in [1.29, 1.82) is 0 Å². The van der Waals surface area contributed by atoms with Crippen LogP contribution in [0.3, 0.4) is 0 Å². The molecule has 1 unspecified atom stereocenters. The Hall–Kier alpha value is -2.13. The first-order chi connectivity index (χ1) is 12.7. The Kier molecular flexibility index (Phi) is 5.07. The van der Waals surface area contributed by atoms with Crippen molar-refractivity contribution in [2.24, 2.45) is 0 Å². The fraction of sp³-hybridized carbons (Fsp3) is 0.625. The molecular weight excluding hydrogens is 360 g/mol. The van der Waals surface area contributed by atoms with Crippen molar-refractivity contribution >= 4 is 34.7 Å². The van der Waals surface area contributed by atoms with Crippen LogP contribution in [0.15, 0.2) is 6.33 Å². The number of hydrogen-bond donors (Lipinski definition) is 1. The van der Waals surface area contributed by atoms with Gasteiger partial charge in [0.1, 0.15) is 6.23 Å². The van der Waals surface area contributed by atoms with Crippen molar-refractivity contribution in [3.63, 3.8) is 0 Å². The number of ether oxygens (including phenoxy) is 1. The molecule has 10 heteroatoms. The fourth-order valence-corrected chi connectivity index (χ4v) is 3.51. The lowest BCUT2D eigenvalue weighted by atomic mass is 10.1. The van der Waals surface area contributed by atoms with E-state index in [-0.39, 0.29) is 17.3 Å². The van der Waals surface area contributed by atoms with Crippen LogP contribution in [0.2, 0.25) is 5.28 Å². The summed E-state index contributed by atoms with van der Waals surface area (Å²) in [5.41, 5.74) is 3.63. The largest absolute Gasteiger partial charge is 0.434 e. The van der Waals surface area contributed by atoms with Gasteiger partial charge in [0.2, 0.25) is 5.28 Å². The van der Waals surface area contributed by atoms with E-state index >= 15 is 0 Å². The lowest BCUT2D eigenvalue weighted by molar-refractivity contribution is -0.0298. The van der Waals surface area contributed by atoms with Crippen LogP contribution in [0, 0.1) is 0 Å². The van der Waals surface area contributed by atoms with Gasteiger partial charge in [0, 0.05) is 19.7 Å². The molecule has 1 N–H and O–H groups in total. The molecule has 0 aromatic carbocycles. The monoisotopic (exact) mass is 380 g/mol. The lowest BCUT2D eigenvalue weighted by Crippen LogP contribution is -2.37. The molecule has 0 saturated carbocycles. The predicted molar refractivity (Wildman–Crippen MR) is 94.7 cm³/mol. The summed E-state index contributed by atoms with van der Waals surface area (Å²) in [5.74, 6) is 0.264. The summed E-state index contributed by atoms with van der Waals surface area (Å²) in [5, 5.41) is 0.0478. The van der Waals surface area contributed by atoms with Crippen molar-refractivity contribution < 1.29 is 14.4 Å². The van der Waals surface area contributed by atoms with Gasteiger partial charge in [-0.05, 0) is 50.1 Å². The molecule has 26 heavy (non-hydrogen) atoms. The average Bonchev–Trinajstić information content (AvgIpc) is 3.11. The van der Waals surface area contributed by atoms with Gasteiger partial charge in [-0.3, -0.25) is 4.57 Å². The number of imidazole rings is 1. The summed E-state index contributed by atoms with van der Waals surface area (Å²) in [6.45, 7) is 2.11. The Balaban J connectivity index is 1.53. The summed E-state index contributed by atoms with van der Waals surface area (Å²) in [6, 6.07) is 0. The van der Waals surface area contributed by atoms with Gasteiger partial charge in [-0.2, -0.15) is 15.4 Å². The first-order valence-electron chi connectivity index (χ1n) is 8.96. The smallest absolute Gasteiger partial charge is 0.358 e. The number of fused-ring (bicyclic) bond motifs is 1. The van der Waals surface area contributed by atoms with Crippen LogP contribution >= 0.6 is 11.6 Å². The molecule has 1 amide bonds. The van der Waals surface area contributed by atoms with Gasteiger partial charge < -0.3 is 14.5 Å². The molecule has 2 aliphatic heterocycles. The molecule has 2 aliphatic rings. The fourth-order valence-electron chi connectivity index (χ4n) is 3.35. The second kappa shape index (κ2) is 7.63. The molecule has 0 aliphatic carbocycles. The SMILES string of the molecule is O=C(ONc1nc(Cl)nc2c1ncn2C1CCCCO1)N1CCCCC1. The Morgan fingerprint density at radius 2 is 2.08 bits per heavy atom. The third kappa shape index (κ3) is 3.54. The van der Waals surface area contributed by atoms with E-state index in [9.17, 15) is 4.79 Å². The Morgan fingerprint density at radius 1 is 1.23 bits per heavy atom. The zero-order chi connectivity index (χ0) is 17.9. The Morgan fingerprint density at radius 3 is 2.85 bits per heavy atom. The highest BCUT2D eigenvalue weighted by molar-refractivity contribution is 6.28. The van der Waals surface area contributed by atoms with Gasteiger partial charge in [0.25, 0.3) is 0 Å². The number of aromatic nitrogens is 4. The van der Waals surface area contributed by atoms with Crippen LogP contribution in [-0.2, 0) is 9.57 Å². The maximum absolute atomic E-state index is 12.2. The number of halogens is 1.